The smallest absolute Gasteiger partial charge is 0.226 e. The lowest BCUT2D eigenvalue weighted by Crippen LogP contribution is -2.42. The van der Waals surface area contributed by atoms with Gasteiger partial charge in [-0.3, -0.25) is 9.48 Å². The zero-order chi connectivity index (χ0) is 17.2. The third-order valence-corrected chi connectivity index (χ3v) is 5.39. The summed E-state index contributed by atoms with van der Waals surface area (Å²) in [7, 11) is 1.69. The number of hydrogen-bond acceptors (Lipinski definition) is 4. The molecule has 4 rings (SSSR count). The molecule has 132 valence electrons. The lowest BCUT2D eigenvalue weighted by atomic mass is 9.97. The van der Waals surface area contributed by atoms with E-state index in [1.807, 2.05) is 22.9 Å². The molecule has 2 aromatic rings. The molecular weight excluding hydrogens is 316 g/mol. The van der Waals surface area contributed by atoms with Gasteiger partial charge >= 0.3 is 0 Å². The van der Waals surface area contributed by atoms with Gasteiger partial charge in [0.15, 0.2) is 0 Å². The number of piperidine rings is 1. The van der Waals surface area contributed by atoms with Gasteiger partial charge in [0.05, 0.1) is 7.11 Å². The molecule has 1 aromatic heterocycles. The minimum atomic E-state index is 0.112. The maximum Gasteiger partial charge on any atom is 0.226 e. The molecule has 3 atom stereocenters. The Morgan fingerprint density at radius 1 is 1.36 bits per heavy atom. The first-order chi connectivity index (χ1) is 12.3. The van der Waals surface area contributed by atoms with Crippen LogP contribution in [-0.2, 0) is 11.3 Å². The van der Waals surface area contributed by atoms with Crippen LogP contribution in [0.15, 0.2) is 36.9 Å². The molecule has 0 unspecified atom stereocenters. The van der Waals surface area contributed by atoms with E-state index >= 15 is 0 Å². The van der Waals surface area contributed by atoms with Gasteiger partial charge in [-0.2, -0.15) is 5.10 Å². The van der Waals surface area contributed by atoms with Crippen LogP contribution in [0, 0.1) is 11.8 Å². The largest absolute Gasteiger partial charge is 0.496 e. The number of carbonyl (C=O) groups excluding carboxylic acids is 1. The van der Waals surface area contributed by atoms with E-state index in [1.54, 1.807) is 19.8 Å². The number of carbonyl (C=O) groups is 1. The summed E-state index contributed by atoms with van der Waals surface area (Å²) in [4.78, 5) is 19.0. The van der Waals surface area contributed by atoms with Crippen molar-refractivity contribution in [1.82, 2.24) is 19.7 Å². The van der Waals surface area contributed by atoms with Crippen LogP contribution < -0.4 is 4.74 Å². The number of benzene rings is 1. The van der Waals surface area contributed by atoms with Crippen LogP contribution in [-0.4, -0.2) is 45.8 Å². The normalized spacial score (nSPS) is 25.6. The first-order valence-electron chi connectivity index (χ1n) is 9.00. The highest BCUT2D eigenvalue weighted by Crippen LogP contribution is 2.51. The van der Waals surface area contributed by atoms with Gasteiger partial charge in [-0.15, -0.1) is 0 Å². The van der Waals surface area contributed by atoms with Crippen LogP contribution in [0.2, 0.25) is 0 Å². The van der Waals surface area contributed by atoms with E-state index in [0.29, 0.717) is 17.7 Å². The lowest BCUT2D eigenvalue weighted by molar-refractivity contribution is -0.134. The number of methoxy groups -OCH3 is 1. The molecule has 2 fully saturated rings. The van der Waals surface area contributed by atoms with Gasteiger partial charge in [-0.1, -0.05) is 18.2 Å². The maximum absolute atomic E-state index is 12.9. The van der Waals surface area contributed by atoms with Crippen molar-refractivity contribution >= 4 is 5.91 Å². The third-order valence-electron chi connectivity index (χ3n) is 5.39. The summed E-state index contributed by atoms with van der Waals surface area (Å²) in [6.07, 6.45) is 6.46. The number of rotatable bonds is 5. The van der Waals surface area contributed by atoms with E-state index in [0.717, 1.165) is 44.6 Å². The molecule has 6 heteroatoms. The van der Waals surface area contributed by atoms with Crippen LogP contribution in [0.1, 0.15) is 30.7 Å². The quantitative estimate of drug-likeness (QED) is 0.838. The molecule has 2 aliphatic rings. The molecule has 0 radical (unpaired) electrons. The van der Waals surface area contributed by atoms with E-state index in [2.05, 4.69) is 21.0 Å². The topological polar surface area (TPSA) is 60.2 Å². The second kappa shape index (κ2) is 6.86. The maximum atomic E-state index is 12.9. The summed E-state index contributed by atoms with van der Waals surface area (Å²) in [6.45, 7) is 2.54. The number of amides is 1. The van der Waals surface area contributed by atoms with Crippen LogP contribution >= 0.6 is 0 Å². The van der Waals surface area contributed by atoms with Gasteiger partial charge in [-0.25, -0.2) is 4.98 Å². The van der Waals surface area contributed by atoms with Crippen molar-refractivity contribution in [3.8, 4) is 5.75 Å². The Balaban J connectivity index is 1.38. The van der Waals surface area contributed by atoms with Crippen LogP contribution in [0.4, 0.5) is 0 Å². The zero-order valence-electron chi connectivity index (χ0n) is 14.5. The number of hydrogen-bond donors (Lipinski definition) is 0. The van der Waals surface area contributed by atoms with Gasteiger partial charge in [0.25, 0.3) is 0 Å². The second-order valence-electron chi connectivity index (χ2n) is 7.10. The van der Waals surface area contributed by atoms with Gasteiger partial charge in [0.2, 0.25) is 5.91 Å². The fraction of sp³-hybridized carbons (Fsp3) is 0.526. The number of ether oxygens (including phenoxy) is 1. The van der Waals surface area contributed by atoms with Crippen molar-refractivity contribution in [1.29, 1.82) is 0 Å². The Bertz CT molecular complexity index is 731. The first kappa shape index (κ1) is 16.1. The molecule has 0 spiro atoms. The van der Waals surface area contributed by atoms with Crippen molar-refractivity contribution in [3.63, 3.8) is 0 Å². The van der Waals surface area contributed by atoms with E-state index < -0.39 is 0 Å². The molecule has 1 saturated heterocycles. The van der Waals surface area contributed by atoms with E-state index in [9.17, 15) is 4.79 Å². The average Bonchev–Trinajstić information content (AvgIpc) is 3.29. The van der Waals surface area contributed by atoms with E-state index in [1.165, 1.54) is 5.56 Å². The molecule has 1 aliphatic heterocycles. The molecule has 1 aromatic carbocycles. The van der Waals surface area contributed by atoms with Crippen molar-refractivity contribution in [3.05, 3.63) is 42.5 Å². The fourth-order valence-corrected chi connectivity index (χ4v) is 4.02. The Morgan fingerprint density at radius 3 is 3.04 bits per heavy atom. The number of aromatic nitrogens is 3. The predicted molar refractivity (Wildman–Crippen MR) is 93.2 cm³/mol. The minimum absolute atomic E-state index is 0.112. The highest BCUT2D eigenvalue weighted by Gasteiger charge is 2.47. The third kappa shape index (κ3) is 3.38. The summed E-state index contributed by atoms with van der Waals surface area (Å²) in [5.41, 5.74) is 1.17. The number of para-hydroxylation sites is 1. The van der Waals surface area contributed by atoms with Crippen LogP contribution in [0.5, 0.6) is 5.75 Å². The standard InChI is InChI=1S/C19H24N4O2/c1-25-18-7-3-2-6-15(18)16-9-17(16)19(24)22-8-4-5-14(10-22)11-23-13-20-12-21-23/h2-3,6-7,12-14,16-17H,4-5,8-11H2,1H3/t14-,16-,17+/m0/s1. The summed E-state index contributed by atoms with van der Waals surface area (Å²) >= 11 is 0. The Hall–Kier alpha value is -2.37. The lowest BCUT2D eigenvalue weighted by Gasteiger charge is -2.33. The average molecular weight is 340 g/mol. The summed E-state index contributed by atoms with van der Waals surface area (Å²) < 4.78 is 7.32. The highest BCUT2D eigenvalue weighted by molar-refractivity contribution is 5.83. The molecule has 1 amide bonds. The predicted octanol–water partition coefficient (Wildman–Crippen LogP) is 2.33. The summed E-state index contributed by atoms with van der Waals surface area (Å²) in [5, 5.41) is 4.19. The molecule has 0 N–H and O–H groups in total. The highest BCUT2D eigenvalue weighted by atomic mass is 16.5. The van der Waals surface area contributed by atoms with Crippen molar-refractivity contribution in [2.45, 2.75) is 31.7 Å². The molecular formula is C19H24N4O2. The molecule has 2 heterocycles. The van der Waals surface area contributed by atoms with Gasteiger partial charge in [0.1, 0.15) is 18.4 Å². The molecule has 1 aliphatic carbocycles. The van der Waals surface area contributed by atoms with E-state index in [4.69, 9.17) is 4.74 Å². The zero-order valence-corrected chi connectivity index (χ0v) is 14.5. The Kier molecular flexibility index (Phi) is 4.42. The van der Waals surface area contributed by atoms with Crippen molar-refractivity contribution < 1.29 is 9.53 Å². The van der Waals surface area contributed by atoms with E-state index in [-0.39, 0.29) is 5.92 Å². The number of likely N-dealkylation sites (tertiary alicyclic amines) is 1. The van der Waals surface area contributed by atoms with Crippen LogP contribution in [0.3, 0.4) is 0 Å². The summed E-state index contributed by atoms with van der Waals surface area (Å²) in [5.74, 6) is 2.08. The van der Waals surface area contributed by atoms with Gasteiger partial charge < -0.3 is 9.64 Å². The molecule has 25 heavy (non-hydrogen) atoms. The monoisotopic (exact) mass is 340 g/mol. The Labute approximate surface area is 147 Å². The molecule has 0 bridgehead atoms. The summed E-state index contributed by atoms with van der Waals surface area (Å²) in [6, 6.07) is 8.05. The second-order valence-corrected chi connectivity index (χ2v) is 7.10. The van der Waals surface area contributed by atoms with Crippen molar-refractivity contribution in [2.24, 2.45) is 11.8 Å². The Morgan fingerprint density at radius 2 is 2.24 bits per heavy atom. The minimum Gasteiger partial charge on any atom is -0.496 e. The van der Waals surface area contributed by atoms with Crippen LogP contribution in [0.25, 0.3) is 0 Å². The van der Waals surface area contributed by atoms with Gasteiger partial charge in [0, 0.05) is 25.6 Å². The van der Waals surface area contributed by atoms with Gasteiger partial charge in [-0.05, 0) is 42.7 Å². The number of nitrogens with zero attached hydrogens (tertiary/aromatic N) is 4. The molecule has 6 nitrogen and oxygen atoms in total. The first-order valence-corrected chi connectivity index (χ1v) is 9.00. The fourth-order valence-electron chi connectivity index (χ4n) is 4.02. The van der Waals surface area contributed by atoms with Crippen molar-refractivity contribution in [2.75, 3.05) is 20.2 Å². The SMILES string of the molecule is COc1ccccc1[C@@H]1C[C@H]1C(=O)N1CCC[C@H](Cn2cncn2)C1. The molecule has 1 saturated carbocycles.